The first-order chi connectivity index (χ1) is 8.13. The molecule has 0 bridgehead atoms. The van der Waals surface area contributed by atoms with Gasteiger partial charge in [-0.05, 0) is 31.0 Å². The second-order valence-corrected chi connectivity index (χ2v) is 4.92. The van der Waals surface area contributed by atoms with Crippen LogP contribution in [0.2, 0.25) is 0 Å². The topological polar surface area (TPSA) is 41.1 Å². The van der Waals surface area contributed by atoms with Crippen LogP contribution in [0.1, 0.15) is 31.9 Å². The number of halogens is 1. The first kappa shape index (κ1) is 14.2. The Labute approximate surface area is 111 Å². The van der Waals surface area contributed by atoms with Gasteiger partial charge in [-0.25, -0.2) is 0 Å². The van der Waals surface area contributed by atoms with E-state index in [1.165, 1.54) is 5.56 Å². The molecule has 3 nitrogen and oxygen atoms in total. The molecule has 0 spiro atoms. The average Bonchev–Trinajstić information content (AvgIpc) is 2.33. The number of carbonyl (C=O) groups is 1. The highest BCUT2D eigenvalue weighted by Gasteiger charge is 2.07. The van der Waals surface area contributed by atoms with Crippen molar-refractivity contribution < 1.29 is 4.79 Å². The van der Waals surface area contributed by atoms with Crippen LogP contribution < -0.4 is 10.6 Å². The van der Waals surface area contributed by atoms with Crippen LogP contribution in [0.15, 0.2) is 28.7 Å². The smallest absolute Gasteiger partial charge is 0.233 e. The molecule has 1 rings (SSSR count). The molecule has 4 heteroatoms. The number of carbonyl (C=O) groups excluding carboxylic acids is 1. The summed E-state index contributed by atoms with van der Waals surface area (Å²) in [6, 6.07) is 8.26. The Morgan fingerprint density at radius 2 is 2.24 bits per heavy atom. The summed E-state index contributed by atoms with van der Waals surface area (Å²) < 4.78 is 1.05. The molecular formula is C13H19BrN2O. The average molecular weight is 299 g/mol. The van der Waals surface area contributed by atoms with Crippen molar-refractivity contribution in [3.05, 3.63) is 34.3 Å². The second-order valence-electron chi connectivity index (χ2n) is 4.01. The maximum Gasteiger partial charge on any atom is 0.233 e. The van der Waals surface area contributed by atoms with E-state index in [1.807, 2.05) is 25.1 Å². The predicted molar refractivity (Wildman–Crippen MR) is 73.9 cm³/mol. The van der Waals surface area contributed by atoms with Gasteiger partial charge in [-0.3, -0.25) is 4.79 Å². The normalized spacial score (nSPS) is 12.2. The highest BCUT2D eigenvalue weighted by atomic mass is 79.9. The predicted octanol–water partition coefficient (Wildman–Crippen LogP) is 2.63. The molecule has 0 radical (unpaired) electrons. The summed E-state index contributed by atoms with van der Waals surface area (Å²) in [7, 11) is 0. The Morgan fingerprint density at radius 1 is 1.47 bits per heavy atom. The van der Waals surface area contributed by atoms with Crippen molar-refractivity contribution in [1.82, 2.24) is 10.6 Å². The Bertz CT molecular complexity index is 368. The van der Waals surface area contributed by atoms with Gasteiger partial charge in [0.05, 0.1) is 6.54 Å². The van der Waals surface area contributed by atoms with Crippen LogP contribution in [-0.2, 0) is 4.79 Å². The summed E-state index contributed by atoms with van der Waals surface area (Å²) in [6.07, 6.45) is 0.965. The van der Waals surface area contributed by atoms with Crippen molar-refractivity contribution in [2.45, 2.75) is 26.3 Å². The quantitative estimate of drug-likeness (QED) is 0.848. The maximum absolute atomic E-state index is 11.4. The molecule has 0 aliphatic carbocycles. The van der Waals surface area contributed by atoms with E-state index in [2.05, 4.69) is 39.6 Å². The van der Waals surface area contributed by atoms with E-state index in [0.29, 0.717) is 6.54 Å². The Balaban J connectivity index is 2.39. The van der Waals surface area contributed by atoms with Crippen molar-refractivity contribution >= 4 is 21.8 Å². The van der Waals surface area contributed by atoms with E-state index < -0.39 is 0 Å². The molecule has 0 aliphatic rings. The van der Waals surface area contributed by atoms with Crippen molar-refractivity contribution in [1.29, 1.82) is 0 Å². The highest BCUT2D eigenvalue weighted by molar-refractivity contribution is 9.10. The largest absolute Gasteiger partial charge is 0.355 e. The fourth-order valence-electron chi connectivity index (χ4n) is 1.47. The Morgan fingerprint density at radius 3 is 2.88 bits per heavy atom. The van der Waals surface area contributed by atoms with Crippen molar-refractivity contribution in [2.75, 3.05) is 13.1 Å². The molecule has 94 valence electrons. The van der Waals surface area contributed by atoms with Gasteiger partial charge in [-0.15, -0.1) is 0 Å². The van der Waals surface area contributed by atoms with Gasteiger partial charge in [0, 0.05) is 17.1 Å². The number of benzene rings is 1. The molecule has 0 saturated carbocycles. The molecule has 1 aromatic carbocycles. The summed E-state index contributed by atoms with van der Waals surface area (Å²) in [4.78, 5) is 11.4. The van der Waals surface area contributed by atoms with Crippen molar-refractivity contribution in [3.8, 4) is 0 Å². The molecule has 0 fully saturated rings. The van der Waals surface area contributed by atoms with E-state index >= 15 is 0 Å². The third-order valence-corrected chi connectivity index (χ3v) is 2.98. The molecule has 17 heavy (non-hydrogen) atoms. The molecule has 1 atom stereocenters. The zero-order valence-electron chi connectivity index (χ0n) is 10.3. The van der Waals surface area contributed by atoms with Gasteiger partial charge < -0.3 is 10.6 Å². The first-order valence-electron chi connectivity index (χ1n) is 5.89. The third kappa shape index (κ3) is 5.33. The molecule has 2 N–H and O–H groups in total. The zero-order chi connectivity index (χ0) is 12.7. The summed E-state index contributed by atoms with van der Waals surface area (Å²) in [5.74, 6) is 0.0497. The molecule has 1 aromatic rings. The zero-order valence-corrected chi connectivity index (χ0v) is 11.9. The van der Waals surface area contributed by atoms with Gasteiger partial charge in [0.1, 0.15) is 0 Å². The molecule has 0 saturated heterocycles. The van der Waals surface area contributed by atoms with Gasteiger partial charge in [-0.2, -0.15) is 0 Å². The molecule has 0 aromatic heterocycles. The lowest BCUT2D eigenvalue weighted by Crippen LogP contribution is -2.35. The summed E-state index contributed by atoms with van der Waals surface area (Å²) in [5.41, 5.74) is 1.17. The van der Waals surface area contributed by atoms with Crippen LogP contribution >= 0.6 is 15.9 Å². The van der Waals surface area contributed by atoms with Gasteiger partial charge in [-0.1, -0.05) is 35.0 Å². The van der Waals surface area contributed by atoms with E-state index in [4.69, 9.17) is 0 Å². The molecule has 0 unspecified atom stereocenters. The van der Waals surface area contributed by atoms with Gasteiger partial charge in [0.2, 0.25) is 5.91 Å². The van der Waals surface area contributed by atoms with E-state index in [0.717, 1.165) is 17.4 Å². The van der Waals surface area contributed by atoms with Crippen LogP contribution in [0, 0.1) is 0 Å². The van der Waals surface area contributed by atoms with Crippen LogP contribution in [-0.4, -0.2) is 19.0 Å². The monoisotopic (exact) mass is 298 g/mol. The third-order valence-electron chi connectivity index (χ3n) is 2.49. The lowest BCUT2D eigenvalue weighted by molar-refractivity contribution is -0.120. The minimum atomic E-state index is 0.0497. The lowest BCUT2D eigenvalue weighted by atomic mass is 10.1. The molecule has 0 aliphatic heterocycles. The Kier molecular flexibility index (Phi) is 6.22. The minimum absolute atomic E-state index is 0.0497. The van der Waals surface area contributed by atoms with Crippen molar-refractivity contribution in [3.63, 3.8) is 0 Å². The van der Waals surface area contributed by atoms with Gasteiger partial charge >= 0.3 is 0 Å². The fraction of sp³-hybridized carbons (Fsp3) is 0.462. The Hall–Kier alpha value is -0.870. The second kappa shape index (κ2) is 7.45. The lowest BCUT2D eigenvalue weighted by Gasteiger charge is -2.14. The standard InChI is InChI=1S/C13H19BrN2O/c1-3-7-15-13(17)9-16-10(2)11-5-4-6-12(14)8-11/h4-6,8,10,16H,3,7,9H2,1-2H3,(H,15,17)/t10-/m1/s1. The van der Waals surface area contributed by atoms with Gasteiger partial charge in [0.25, 0.3) is 0 Å². The number of rotatable bonds is 6. The molecule has 1 amide bonds. The number of hydrogen-bond donors (Lipinski definition) is 2. The maximum atomic E-state index is 11.4. The summed E-state index contributed by atoms with van der Waals surface area (Å²) >= 11 is 3.44. The van der Waals surface area contributed by atoms with E-state index in [1.54, 1.807) is 0 Å². The number of hydrogen-bond acceptors (Lipinski definition) is 2. The van der Waals surface area contributed by atoms with E-state index in [-0.39, 0.29) is 11.9 Å². The van der Waals surface area contributed by atoms with Crippen LogP contribution in [0.25, 0.3) is 0 Å². The van der Waals surface area contributed by atoms with Crippen LogP contribution in [0.5, 0.6) is 0 Å². The molecule has 0 heterocycles. The first-order valence-corrected chi connectivity index (χ1v) is 6.68. The highest BCUT2D eigenvalue weighted by Crippen LogP contribution is 2.17. The summed E-state index contributed by atoms with van der Waals surface area (Å²) in [5, 5.41) is 6.04. The fourth-order valence-corrected chi connectivity index (χ4v) is 1.88. The number of amides is 1. The summed E-state index contributed by atoms with van der Waals surface area (Å²) in [6.45, 7) is 5.19. The van der Waals surface area contributed by atoms with Crippen molar-refractivity contribution in [2.24, 2.45) is 0 Å². The SMILES string of the molecule is CCCNC(=O)CN[C@H](C)c1cccc(Br)c1. The van der Waals surface area contributed by atoms with E-state index in [9.17, 15) is 4.79 Å². The number of nitrogens with one attached hydrogen (secondary N) is 2. The van der Waals surface area contributed by atoms with Crippen LogP contribution in [0.3, 0.4) is 0 Å². The minimum Gasteiger partial charge on any atom is -0.355 e. The van der Waals surface area contributed by atoms with Gasteiger partial charge in [0.15, 0.2) is 0 Å². The molecular weight excluding hydrogens is 280 g/mol. The van der Waals surface area contributed by atoms with Crippen LogP contribution in [0.4, 0.5) is 0 Å².